The lowest BCUT2D eigenvalue weighted by Crippen LogP contribution is -2.68. The summed E-state index contributed by atoms with van der Waals surface area (Å²) in [5.74, 6) is -14.8. The van der Waals surface area contributed by atoms with E-state index in [4.69, 9.17) is 0 Å². The molecule has 0 aliphatic rings. The molecule has 1 unspecified atom stereocenters. The number of ether oxygens (including phenoxy) is 1. The fourth-order valence-corrected chi connectivity index (χ4v) is 0.688. The molecule has 0 aromatic heterocycles. The van der Waals surface area contributed by atoms with Gasteiger partial charge in [-0.1, -0.05) is 0 Å². The van der Waals surface area contributed by atoms with Crippen molar-refractivity contribution in [3.8, 4) is 0 Å². The van der Waals surface area contributed by atoms with Crippen molar-refractivity contribution < 1.29 is 66.9 Å². The molecule has 0 heterocycles. The van der Waals surface area contributed by atoms with Crippen molar-refractivity contribution in [1.29, 1.82) is 0 Å². The first-order valence-electron chi connectivity index (χ1n) is 4.07. The smallest absolute Gasteiger partial charge is 0.462 e. The van der Waals surface area contributed by atoms with E-state index in [9.17, 15) is 62.2 Å². The molecule has 0 bridgehead atoms. The maximum atomic E-state index is 12.6. The Hall–Kier alpha value is -0.990. The third-order valence-corrected chi connectivity index (χ3v) is 1.73. The summed E-state index contributed by atoms with van der Waals surface area (Å²) in [6, 6.07) is 0. The van der Waals surface area contributed by atoms with Gasteiger partial charge in [0.05, 0.1) is 0 Å². The van der Waals surface area contributed by atoms with Crippen molar-refractivity contribution in [2.24, 2.45) is 0 Å². The Bertz CT molecular complexity index is 360. The lowest BCUT2D eigenvalue weighted by atomic mass is 10.2. The quantitative estimate of drug-likeness (QED) is 0.730. The van der Waals surface area contributed by atoms with Crippen LogP contribution < -0.4 is 5.11 Å². The van der Waals surface area contributed by atoms with Gasteiger partial charge in [0.1, 0.15) is 0 Å². The van der Waals surface area contributed by atoms with Crippen LogP contribution in [0, 0.1) is 0 Å². The molecule has 1 atom stereocenters. The number of alkyl halides is 13. The molecule has 0 aromatic rings. The average molecular weight is 351 g/mol. The fraction of sp³-hybridized carbons (Fsp3) is 1.00. The van der Waals surface area contributed by atoms with Crippen LogP contribution in [0.3, 0.4) is 0 Å². The van der Waals surface area contributed by atoms with Crippen molar-refractivity contribution in [2.45, 2.75) is 36.3 Å². The monoisotopic (exact) mass is 351 g/mol. The topological polar surface area (TPSA) is 32.3 Å². The van der Waals surface area contributed by atoms with E-state index in [1.165, 1.54) is 4.74 Å². The third-order valence-electron chi connectivity index (χ3n) is 1.73. The second-order valence-electron chi connectivity index (χ2n) is 3.30. The summed E-state index contributed by atoms with van der Waals surface area (Å²) < 4.78 is 156. The van der Waals surface area contributed by atoms with E-state index in [0.717, 1.165) is 0 Å². The van der Waals surface area contributed by atoms with Gasteiger partial charge in [-0.25, -0.2) is 8.78 Å². The van der Waals surface area contributed by atoms with Crippen LogP contribution in [0.25, 0.3) is 0 Å². The molecule has 0 amide bonds. The molecule has 0 rings (SSSR count). The van der Waals surface area contributed by atoms with Gasteiger partial charge in [0.15, 0.2) is 0 Å². The van der Waals surface area contributed by atoms with E-state index in [2.05, 4.69) is 0 Å². The van der Waals surface area contributed by atoms with Crippen molar-refractivity contribution in [3.63, 3.8) is 0 Å². The summed E-state index contributed by atoms with van der Waals surface area (Å²) in [6.07, 6.45) is -29.2. The minimum atomic E-state index is -7.49. The van der Waals surface area contributed by atoms with E-state index in [0.29, 0.717) is 0 Å². The molecule has 2 nitrogen and oxygen atoms in total. The number of rotatable bonds is 4. The average Bonchev–Trinajstić information content (AvgIpc) is 2.10. The number of hydrogen-bond acceptors (Lipinski definition) is 2. The highest BCUT2D eigenvalue weighted by Crippen LogP contribution is 2.53. The Morgan fingerprint density at radius 3 is 1.10 bits per heavy atom. The fourth-order valence-electron chi connectivity index (χ4n) is 0.688. The molecule has 0 aromatic carbocycles. The highest BCUT2D eigenvalue weighted by atomic mass is 19.4. The molecule has 0 radical (unpaired) electrons. The molecule has 0 aliphatic carbocycles. The molecule has 15 heteroatoms. The van der Waals surface area contributed by atoms with Gasteiger partial charge in [0, 0.05) is 0 Å². The van der Waals surface area contributed by atoms with E-state index in [-0.39, 0.29) is 0 Å². The van der Waals surface area contributed by atoms with Crippen LogP contribution in [0.15, 0.2) is 0 Å². The Kier molecular flexibility index (Phi) is 4.53. The predicted molar refractivity (Wildman–Crippen MR) is 31.9 cm³/mol. The Morgan fingerprint density at radius 2 is 0.905 bits per heavy atom. The SMILES string of the molecule is [O-]C(F)(F)C(F)(OC(F)(F)C(F)(F)C(F)(F)F)C(F)(F)F. The van der Waals surface area contributed by atoms with Gasteiger partial charge in [0.25, 0.3) is 6.11 Å². The van der Waals surface area contributed by atoms with Crippen LogP contribution in [-0.2, 0) is 4.74 Å². The van der Waals surface area contributed by atoms with Gasteiger partial charge in [0.2, 0.25) is 0 Å². The summed E-state index contributed by atoms with van der Waals surface area (Å²) in [4.78, 5) is 0. The van der Waals surface area contributed by atoms with E-state index >= 15 is 0 Å². The molecular formula is C6F13O2-. The first-order chi connectivity index (χ1) is 8.71. The van der Waals surface area contributed by atoms with Crippen LogP contribution in [0.1, 0.15) is 0 Å². The molecule has 0 saturated carbocycles. The van der Waals surface area contributed by atoms with Crippen molar-refractivity contribution in [2.75, 3.05) is 0 Å². The minimum absolute atomic E-state index is 1.29. The zero-order valence-corrected chi connectivity index (χ0v) is 8.73. The molecule has 0 N–H and O–H groups in total. The summed E-state index contributed by atoms with van der Waals surface area (Å²) in [5.41, 5.74) is 0. The Labute approximate surface area is 105 Å². The molecular weight excluding hydrogens is 351 g/mol. The first-order valence-corrected chi connectivity index (χ1v) is 4.07. The molecule has 0 aliphatic heterocycles. The van der Waals surface area contributed by atoms with Crippen LogP contribution >= 0.6 is 0 Å². The van der Waals surface area contributed by atoms with Gasteiger partial charge in [-0.05, 0) is 0 Å². The Balaban J connectivity index is 5.89. The van der Waals surface area contributed by atoms with Crippen LogP contribution in [-0.4, -0.2) is 36.3 Å². The highest BCUT2D eigenvalue weighted by Gasteiger charge is 2.80. The molecule has 0 spiro atoms. The first kappa shape index (κ1) is 20.0. The molecule has 128 valence electrons. The predicted octanol–water partition coefficient (Wildman–Crippen LogP) is 2.97. The van der Waals surface area contributed by atoms with Gasteiger partial charge >= 0.3 is 30.2 Å². The van der Waals surface area contributed by atoms with E-state index in [1.807, 2.05) is 0 Å². The molecule has 0 saturated heterocycles. The summed E-state index contributed by atoms with van der Waals surface area (Å²) in [6.45, 7) is 0. The number of hydrogen-bond donors (Lipinski definition) is 0. The summed E-state index contributed by atoms with van der Waals surface area (Å²) >= 11 is 0. The lowest BCUT2D eigenvalue weighted by Gasteiger charge is -2.41. The largest absolute Gasteiger partial charge is 0.794 e. The van der Waals surface area contributed by atoms with Crippen LogP contribution in [0.4, 0.5) is 57.1 Å². The zero-order valence-electron chi connectivity index (χ0n) is 8.73. The maximum absolute atomic E-state index is 12.6. The summed E-state index contributed by atoms with van der Waals surface area (Å²) in [5, 5.41) is 9.61. The van der Waals surface area contributed by atoms with E-state index < -0.39 is 36.3 Å². The molecule has 21 heavy (non-hydrogen) atoms. The van der Waals surface area contributed by atoms with Gasteiger partial charge in [-0.2, -0.15) is 48.3 Å². The van der Waals surface area contributed by atoms with Gasteiger partial charge in [-0.3, -0.25) is 4.74 Å². The lowest BCUT2D eigenvalue weighted by molar-refractivity contribution is -0.657. The Morgan fingerprint density at radius 1 is 0.571 bits per heavy atom. The van der Waals surface area contributed by atoms with Crippen LogP contribution in [0.2, 0.25) is 0 Å². The molecule has 0 fully saturated rings. The minimum Gasteiger partial charge on any atom is -0.794 e. The normalized spacial score (nSPS) is 18.6. The standard InChI is InChI=1S/C6F13O2/c7-1(8,3(10,11)12)6(18,19)21-2(9,4(13,14)15)5(16,17)20/q-1. The van der Waals surface area contributed by atoms with Crippen molar-refractivity contribution >= 4 is 0 Å². The van der Waals surface area contributed by atoms with Crippen LogP contribution in [0.5, 0.6) is 0 Å². The maximum Gasteiger partial charge on any atom is 0.462 e. The number of halogens is 13. The third kappa shape index (κ3) is 3.27. The highest BCUT2D eigenvalue weighted by molar-refractivity contribution is 4.91. The van der Waals surface area contributed by atoms with Gasteiger partial charge < -0.3 is 5.11 Å². The zero-order chi connectivity index (χ0) is 17.7. The van der Waals surface area contributed by atoms with Gasteiger partial charge in [-0.15, -0.1) is 0 Å². The second-order valence-corrected chi connectivity index (χ2v) is 3.30. The van der Waals surface area contributed by atoms with Crippen molar-refractivity contribution in [1.82, 2.24) is 0 Å². The summed E-state index contributed by atoms with van der Waals surface area (Å²) in [7, 11) is 0. The van der Waals surface area contributed by atoms with E-state index in [1.54, 1.807) is 0 Å². The van der Waals surface area contributed by atoms with Crippen molar-refractivity contribution in [3.05, 3.63) is 0 Å². The second kappa shape index (κ2) is 4.76.